The van der Waals surface area contributed by atoms with Crippen LogP contribution in [0.25, 0.3) is 0 Å². The van der Waals surface area contributed by atoms with Crippen LogP contribution in [0.4, 0.5) is 4.79 Å². The van der Waals surface area contributed by atoms with Gasteiger partial charge in [0.2, 0.25) is 0 Å². The predicted octanol–water partition coefficient (Wildman–Crippen LogP) is 3.55. The molecular weight excluding hydrogens is 306 g/mol. The Bertz CT molecular complexity index is 589. The molecule has 0 aliphatic carbocycles. The lowest BCUT2D eigenvalue weighted by molar-refractivity contribution is -0.126. The molecule has 24 heavy (non-hydrogen) atoms. The molecule has 1 heterocycles. The number of carbonyl (C=O) groups excluding carboxylic acids is 2. The number of ketones is 1. The van der Waals surface area contributed by atoms with Crippen LogP contribution in [-0.4, -0.2) is 43.1 Å². The molecule has 5 nitrogen and oxygen atoms in total. The molecule has 5 heteroatoms. The summed E-state index contributed by atoms with van der Waals surface area (Å²) in [4.78, 5) is 26.7. The zero-order chi connectivity index (χ0) is 17.7. The number of Topliss-reactive ketones (excluding diaryl/α,β-unsaturated/α-hetero) is 1. The van der Waals surface area contributed by atoms with Gasteiger partial charge in [0.05, 0.1) is 11.5 Å². The smallest absolute Gasteiger partial charge is 0.431 e. The summed E-state index contributed by atoms with van der Waals surface area (Å²) in [7, 11) is 2.07. The monoisotopic (exact) mass is 333 g/mol. The van der Waals surface area contributed by atoms with E-state index in [4.69, 9.17) is 9.47 Å². The highest BCUT2D eigenvalue weighted by molar-refractivity contribution is 5.90. The van der Waals surface area contributed by atoms with Gasteiger partial charge >= 0.3 is 6.16 Å². The van der Waals surface area contributed by atoms with E-state index in [9.17, 15) is 9.59 Å². The minimum absolute atomic E-state index is 0.234. The Balaban J connectivity index is 2.26. The fourth-order valence-corrected chi connectivity index (χ4v) is 3.24. The average molecular weight is 333 g/mol. The summed E-state index contributed by atoms with van der Waals surface area (Å²) < 4.78 is 10.3. The van der Waals surface area contributed by atoms with Crippen LogP contribution in [0, 0.1) is 0 Å². The van der Waals surface area contributed by atoms with Crippen molar-refractivity contribution in [2.24, 2.45) is 0 Å². The van der Waals surface area contributed by atoms with Gasteiger partial charge in [-0.3, -0.25) is 4.79 Å². The molecule has 1 saturated heterocycles. The number of ether oxygens (including phenoxy) is 2. The van der Waals surface area contributed by atoms with Crippen LogP contribution in [0.1, 0.15) is 45.6 Å². The van der Waals surface area contributed by atoms with Crippen molar-refractivity contribution in [1.82, 2.24) is 4.90 Å². The molecule has 0 N–H and O–H groups in total. The van der Waals surface area contributed by atoms with E-state index < -0.39 is 11.6 Å². The third-order valence-corrected chi connectivity index (χ3v) is 4.62. The Morgan fingerprint density at radius 3 is 2.50 bits per heavy atom. The van der Waals surface area contributed by atoms with E-state index in [0.717, 1.165) is 31.5 Å². The topological polar surface area (TPSA) is 55.8 Å². The van der Waals surface area contributed by atoms with Gasteiger partial charge in [0.15, 0.2) is 0 Å². The largest absolute Gasteiger partial charge is 0.514 e. The Labute approximate surface area is 143 Å². The molecule has 0 saturated carbocycles. The summed E-state index contributed by atoms with van der Waals surface area (Å²) in [6.07, 6.45) is 1.13. The summed E-state index contributed by atoms with van der Waals surface area (Å²) >= 11 is 0. The fourth-order valence-electron chi connectivity index (χ4n) is 3.24. The molecule has 1 aliphatic rings. The maximum Gasteiger partial charge on any atom is 0.514 e. The van der Waals surface area contributed by atoms with Crippen LogP contribution < -0.4 is 4.74 Å². The van der Waals surface area contributed by atoms with Gasteiger partial charge in [0.25, 0.3) is 0 Å². The first-order valence-corrected chi connectivity index (χ1v) is 8.58. The zero-order valence-corrected chi connectivity index (χ0v) is 15.0. The number of likely N-dealkylation sites (tertiary alicyclic amines) is 1. The lowest BCUT2D eigenvalue weighted by Gasteiger charge is -2.40. The van der Waals surface area contributed by atoms with Crippen molar-refractivity contribution in [3.05, 3.63) is 29.8 Å². The van der Waals surface area contributed by atoms with Crippen molar-refractivity contribution in [3.8, 4) is 5.75 Å². The first-order valence-electron chi connectivity index (χ1n) is 8.58. The molecule has 1 aliphatic heterocycles. The number of benzene rings is 1. The highest BCUT2D eigenvalue weighted by Gasteiger charge is 2.41. The Hall–Kier alpha value is -1.88. The van der Waals surface area contributed by atoms with Crippen molar-refractivity contribution in [1.29, 1.82) is 0 Å². The summed E-state index contributed by atoms with van der Waals surface area (Å²) in [5.74, 6) is 0.665. The molecule has 0 aromatic heterocycles. The first-order chi connectivity index (χ1) is 11.4. The molecule has 0 radical (unpaired) electrons. The number of piperidine rings is 1. The minimum atomic E-state index is -0.721. The number of rotatable bonds is 5. The maximum atomic E-state index is 12.7. The molecule has 0 atom stereocenters. The van der Waals surface area contributed by atoms with Crippen molar-refractivity contribution in [2.75, 3.05) is 20.1 Å². The van der Waals surface area contributed by atoms with Crippen molar-refractivity contribution < 1.29 is 19.1 Å². The van der Waals surface area contributed by atoms with E-state index in [1.54, 1.807) is 26.0 Å². The standard InChI is InChI=1S/C19H27NO4/c1-5-17(21)19(9-11-20(4)12-10-19)15-7-6-8-16(13-15)24-18(22)23-14(2)3/h6-8,13-14H,5,9-12H2,1-4H3. The van der Waals surface area contributed by atoms with E-state index in [1.807, 2.05) is 19.1 Å². The van der Waals surface area contributed by atoms with Gasteiger partial charge in [-0.2, -0.15) is 0 Å². The second kappa shape index (κ2) is 7.79. The molecule has 0 amide bonds. The molecule has 1 aromatic carbocycles. The Morgan fingerprint density at radius 2 is 1.92 bits per heavy atom. The summed E-state index contributed by atoms with van der Waals surface area (Å²) in [5.41, 5.74) is 0.445. The van der Waals surface area contributed by atoms with Crippen LogP contribution in [-0.2, 0) is 14.9 Å². The fraction of sp³-hybridized carbons (Fsp3) is 0.579. The van der Waals surface area contributed by atoms with Gasteiger partial charge in [-0.05, 0) is 64.5 Å². The van der Waals surface area contributed by atoms with E-state index in [0.29, 0.717) is 12.2 Å². The molecule has 2 rings (SSSR count). The lowest BCUT2D eigenvalue weighted by atomic mass is 9.69. The van der Waals surface area contributed by atoms with Gasteiger partial charge in [-0.25, -0.2) is 4.79 Å². The second-order valence-electron chi connectivity index (χ2n) is 6.71. The number of carbonyl (C=O) groups is 2. The van der Waals surface area contributed by atoms with E-state index in [2.05, 4.69) is 11.9 Å². The van der Waals surface area contributed by atoms with Crippen molar-refractivity contribution in [3.63, 3.8) is 0 Å². The highest BCUT2D eigenvalue weighted by atomic mass is 16.7. The second-order valence-corrected chi connectivity index (χ2v) is 6.71. The maximum absolute atomic E-state index is 12.7. The van der Waals surface area contributed by atoms with Crippen LogP contribution in [0.2, 0.25) is 0 Å². The van der Waals surface area contributed by atoms with Gasteiger partial charge < -0.3 is 14.4 Å². The summed E-state index contributed by atoms with van der Waals surface area (Å²) in [6.45, 7) is 7.21. The lowest BCUT2D eigenvalue weighted by Crippen LogP contribution is -2.46. The predicted molar refractivity (Wildman–Crippen MR) is 92.4 cm³/mol. The van der Waals surface area contributed by atoms with Gasteiger partial charge in [0, 0.05) is 6.42 Å². The SMILES string of the molecule is CCC(=O)C1(c2cccc(OC(=O)OC(C)C)c2)CCN(C)CC1. The van der Waals surface area contributed by atoms with Crippen LogP contribution in [0.5, 0.6) is 5.75 Å². The third kappa shape index (κ3) is 4.15. The van der Waals surface area contributed by atoms with Crippen molar-refractivity contribution >= 4 is 11.9 Å². The van der Waals surface area contributed by atoms with E-state index >= 15 is 0 Å². The molecule has 1 fully saturated rings. The van der Waals surface area contributed by atoms with Crippen LogP contribution >= 0.6 is 0 Å². The molecule has 132 valence electrons. The molecule has 0 spiro atoms. The normalized spacial score (nSPS) is 17.5. The van der Waals surface area contributed by atoms with Gasteiger partial charge in [0.1, 0.15) is 11.5 Å². The molecular formula is C19H27NO4. The summed E-state index contributed by atoms with van der Waals surface area (Å²) in [5, 5.41) is 0. The Kier molecular flexibility index (Phi) is 5.99. The number of hydrogen-bond acceptors (Lipinski definition) is 5. The molecule has 1 aromatic rings. The summed E-state index contributed by atoms with van der Waals surface area (Å²) in [6, 6.07) is 7.31. The Morgan fingerprint density at radius 1 is 1.25 bits per heavy atom. The van der Waals surface area contributed by atoms with E-state index in [1.165, 1.54) is 0 Å². The minimum Gasteiger partial charge on any atom is -0.431 e. The molecule has 0 bridgehead atoms. The number of hydrogen-bond donors (Lipinski definition) is 0. The highest BCUT2D eigenvalue weighted by Crippen LogP contribution is 2.38. The average Bonchev–Trinajstić information content (AvgIpc) is 2.54. The van der Waals surface area contributed by atoms with Gasteiger partial charge in [-0.1, -0.05) is 19.1 Å². The zero-order valence-electron chi connectivity index (χ0n) is 15.0. The first kappa shape index (κ1) is 18.5. The third-order valence-electron chi connectivity index (χ3n) is 4.62. The van der Waals surface area contributed by atoms with E-state index in [-0.39, 0.29) is 11.9 Å². The quantitative estimate of drug-likeness (QED) is 0.609. The number of nitrogens with zero attached hydrogens (tertiary/aromatic N) is 1. The van der Waals surface area contributed by atoms with Crippen molar-refractivity contribution in [2.45, 2.75) is 51.6 Å². The molecule has 0 unspecified atom stereocenters. The van der Waals surface area contributed by atoms with Gasteiger partial charge in [-0.15, -0.1) is 0 Å². The van der Waals surface area contributed by atoms with Crippen LogP contribution in [0.15, 0.2) is 24.3 Å². The van der Waals surface area contributed by atoms with Crippen LogP contribution in [0.3, 0.4) is 0 Å².